The molecule has 30 heavy (non-hydrogen) atoms. The number of carbonyl (C=O) groups excluding carboxylic acids is 1. The van der Waals surface area contributed by atoms with Crippen LogP contribution in [0.1, 0.15) is 46.6 Å². The van der Waals surface area contributed by atoms with Gasteiger partial charge in [-0.15, -0.1) is 0 Å². The fraction of sp³-hybridized carbons (Fsp3) is 0.231. The van der Waals surface area contributed by atoms with Gasteiger partial charge in [-0.3, -0.25) is 4.79 Å². The molecule has 1 atom stereocenters. The first-order chi connectivity index (χ1) is 14.3. The number of aromatic nitrogens is 1. The van der Waals surface area contributed by atoms with Crippen molar-refractivity contribution in [1.29, 1.82) is 5.26 Å². The van der Waals surface area contributed by atoms with Crippen molar-refractivity contribution in [3.8, 4) is 11.8 Å². The standard InChI is InChI=1S/C26H27N3O/c1-17-10-9-11-18(2)25(17)29-19(3)14-23(21(29)5)15-24(16-27)26(30)28-20(4)22-12-7-6-8-13-22/h6-15,20H,1-5H3,(H,28,30)/b24-15+/t20-/m1/s1. The topological polar surface area (TPSA) is 57.8 Å². The lowest BCUT2D eigenvalue weighted by molar-refractivity contribution is -0.117. The van der Waals surface area contributed by atoms with E-state index in [4.69, 9.17) is 0 Å². The number of hydrogen-bond donors (Lipinski definition) is 1. The van der Waals surface area contributed by atoms with Gasteiger partial charge >= 0.3 is 0 Å². The molecule has 0 aliphatic heterocycles. The molecule has 4 nitrogen and oxygen atoms in total. The molecule has 0 fully saturated rings. The van der Waals surface area contributed by atoms with Crippen LogP contribution in [0.4, 0.5) is 0 Å². The number of carbonyl (C=O) groups is 1. The second kappa shape index (κ2) is 8.84. The summed E-state index contributed by atoms with van der Waals surface area (Å²) in [5.74, 6) is -0.370. The molecular weight excluding hydrogens is 370 g/mol. The van der Waals surface area contributed by atoms with Gasteiger partial charge in [0.1, 0.15) is 11.6 Å². The molecule has 0 aliphatic carbocycles. The predicted molar refractivity (Wildman–Crippen MR) is 121 cm³/mol. The summed E-state index contributed by atoms with van der Waals surface area (Å²) in [7, 11) is 0. The Bertz CT molecular complexity index is 1130. The van der Waals surface area contributed by atoms with Crippen LogP contribution in [0.3, 0.4) is 0 Å². The van der Waals surface area contributed by atoms with Crippen LogP contribution in [0.15, 0.2) is 60.2 Å². The summed E-state index contributed by atoms with van der Waals surface area (Å²) in [5.41, 5.74) is 7.54. The molecule has 0 radical (unpaired) electrons. The van der Waals surface area contributed by atoms with Crippen LogP contribution in [0.25, 0.3) is 11.8 Å². The molecule has 152 valence electrons. The zero-order valence-corrected chi connectivity index (χ0v) is 18.2. The highest BCUT2D eigenvalue weighted by Crippen LogP contribution is 2.27. The number of nitrogens with one attached hydrogen (secondary N) is 1. The molecular formula is C26H27N3O. The molecule has 3 aromatic rings. The van der Waals surface area contributed by atoms with E-state index in [-0.39, 0.29) is 17.5 Å². The molecule has 0 saturated heterocycles. The van der Waals surface area contributed by atoms with Gasteiger partial charge in [0.15, 0.2) is 0 Å². The van der Waals surface area contributed by atoms with Gasteiger partial charge in [0.05, 0.1) is 11.7 Å². The average molecular weight is 398 g/mol. The second-order valence-corrected chi connectivity index (χ2v) is 7.68. The summed E-state index contributed by atoms with van der Waals surface area (Å²) in [6, 6.07) is 19.9. The lowest BCUT2D eigenvalue weighted by Gasteiger charge is -2.16. The number of benzene rings is 2. The number of aryl methyl sites for hydroxylation is 3. The maximum atomic E-state index is 12.7. The summed E-state index contributed by atoms with van der Waals surface area (Å²) in [6.07, 6.45) is 1.68. The first kappa shape index (κ1) is 21.1. The number of amides is 1. The van der Waals surface area contributed by atoms with E-state index in [9.17, 15) is 10.1 Å². The molecule has 0 unspecified atom stereocenters. The van der Waals surface area contributed by atoms with Gasteiger partial charge in [-0.05, 0) is 69.0 Å². The van der Waals surface area contributed by atoms with Gasteiger partial charge in [0.25, 0.3) is 5.91 Å². The minimum absolute atomic E-state index is 0.0968. The third kappa shape index (κ3) is 4.21. The van der Waals surface area contributed by atoms with Crippen LogP contribution in [0.5, 0.6) is 0 Å². The number of hydrogen-bond acceptors (Lipinski definition) is 2. The number of rotatable bonds is 5. The summed E-state index contributed by atoms with van der Waals surface area (Å²) in [5, 5.41) is 12.5. The van der Waals surface area contributed by atoms with Gasteiger partial charge in [-0.1, -0.05) is 48.5 Å². The van der Waals surface area contributed by atoms with Gasteiger partial charge < -0.3 is 9.88 Å². The lowest BCUT2D eigenvalue weighted by Crippen LogP contribution is -2.27. The van der Waals surface area contributed by atoms with Crippen LogP contribution < -0.4 is 5.32 Å². The molecule has 0 bridgehead atoms. The Morgan fingerprint density at radius 1 is 1.03 bits per heavy atom. The predicted octanol–water partition coefficient (Wildman–Crippen LogP) is 5.50. The molecule has 1 N–H and O–H groups in total. The minimum Gasteiger partial charge on any atom is -0.345 e. The van der Waals surface area contributed by atoms with Crippen molar-refractivity contribution < 1.29 is 4.79 Å². The summed E-state index contributed by atoms with van der Waals surface area (Å²) in [6.45, 7) is 10.2. The van der Waals surface area contributed by atoms with Crippen LogP contribution in [-0.2, 0) is 4.79 Å². The molecule has 1 aromatic heterocycles. The highest BCUT2D eigenvalue weighted by Gasteiger charge is 2.17. The van der Waals surface area contributed by atoms with Crippen LogP contribution in [-0.4, -0.2) is 10.5 Å². The molecule has 0 spiro atoms. The van der Waals surface area contributed by atoms with Crippen molar-refractivity contribution in [1.82, 2.24) is 9.88 Å². The molecule has 0 aliphatic rings. The van der Waals surface area contributed by atoms with Gasteiger partial charge in [0, 0.05) is 11.4 Å². The zero-order valence-electron chi connectivity index (χ0n) is 18.2. The maximum Gasteiger partial charge on any atom is 0.262 e. The number of nitriles is 1. The van der Waals surface area contributed by atoms with E-state index < -0.39 is 0 Å². The fourth-order valence-electron chi connectivity index (χ4n) is 3.84. The van der Waals surface area contributed by atoms with Crippen molar-refractivity contribution in [3.05, 3.63) is 93.8 Å². The summed E-state index contributed by atoms with van der Waals surface area (Å²) in [4.78, 5) is 12.7. The Morgan fingerprint density at radius 2 is 1.67 bits per heavy atom. The van der Waals surface area contributed by atoms with E-state index in [1.54, 1.807) is 6.08 Å². The van der Waals surface area contributed by atoms with E-state index in [2.05, 4.69) is 48.0 Å². The lowest BCUT2D eigenvalue weighted by atomic mass is 10.1. The van der Waals surface area contributed by atoms with Crippen molar-refractivity contribution in [3.63, 3.8) is 0 Å². The van der Waals surface area contributed by atoms with Crippen molar-refractivity contribution >= 4 is 12.0 Å². The highest BCUT2D eigenvalue weighted by atomic mass is 16.1. The average Bonchev–Trinajstić information content (AvgIpc) is 3.00. The number of para-hydroxylation sites is 1. The smallest absolute Gasteiger partial charge is 0.262 e. The van der Waals surface area contributed by atoms with Crippen LogP contribution in [0, 0.1) is 39.0 Å². The van der Waals surface area contributed by atoms with Gasteiger partial charge in [0.2, 0.25) is 0 Å². The Morgan fingerprint density at radius 3 is 2.27 bits per heavy atom. The SMILES string of the molecule is Cc1cccc(C)c1-n1c(C)cc(/C=C(\C#N)C(=O)N[C@H](C)c2ccccc2)c1C. The van der Waals surface area contributed by atoms with Crippen molar-refractivity contribution in [2.24, 2.45) is 0 Å². The zero-order chi connectivity index (χ0) is 21.8. The minimum atomic E-state index is -0.370. The molecule has 4 heteroatoms. The summed E-state index contributed by atoms with van der Waals surface area (Å²) >= 11 is 0. The van der Waals surface area contributed by atoms with E-state index >= 15 is 0 Å². The Hall–Kier alpha value is -3.58. The monoisotopic (exact) mass is 397 g/mol. The van der Waals surface area contributed by atoms with E-state index in [0.717, 1.165) is 28.2 Å². The van der Waals surface area contributed by atoms with E-state index in [1.165, 1.54) is 11.1 Å². The number of nitrogens with zero attached hydrogens (tertiary/aromatic N) is 2. The second-order valence-electron chi connectivity index (χ2n) is 7.68. The van der Waals surface area contributed by atoms with Crippen molar-refractivity contribution in [2.75, 3.05) is 0 Å². The van der Waals surface area contributed by atoms with E-state index in [0.29, 0.717) is 0 Å². The first-order valence-corrected chi connectivity index (χ1v) is 10.1. The van der Waals surface area contributed by atoms with Crippen LogP contribution >= 0.6 is 0 Å². The fourth-order valence-corrected chi connectivity index (χ4v) is 3.84. The third-order valence-electron chi connectivity index (χ3n) is 5.45. The van der Waals surface area contributed by atoms with Gasteiger partial charge in [-0.25, -0.2) is 0 Å². The highest BCUT2D eigenvalue weighted by molar-refractivity contribution is 6.02. The molecule has 0 saturated carbocycles. The first-order valence-electron chi connectivity index (χ1n) is 10.1. The third-order valence-corrected chi connectivity index (χ3v) is 5.45. The van der Waals surface area contributed by atoms with Gasteiger partial charge in [-0.2, -0.15) is 5.26 Å². The largest absolute Gasteiger partial charge is 0.345 e. The molecule has 3 rings (SSSR count). The Kier molecular flexibility index (Phi) is 6.23. The molecule has 1 heterocycles. The van der Waals surface area contributed by atoms with Crippen LogP contribution in [0.2, 0.25) is 0 Å². The quantitative estimate of drug-likeness (QED) is 0.457. The van der Waals surface area contributed by atoms with Crippen molar-refractivity contribution in [2.45, 2.75) is 40.7 Å². The Balaban J connectivity index is 1.94. The summed E-state index contributed by atoms with van der Waals surface area (Å²) < 4.78 is 2.19. The molecule has 1 amide bonds. The Labute approximate surface area is 178 Å². The van der Waals surface area contributed by atoms with E-state index in [1.807, 2.05) is 57.2 Å². The normalized spacial score (nSPS) is 12.3. The maximum absolute atomic E-state index is 12.7. The molecule has 2 aromatic carbocycles.